The summed E-state index contributed by atoms with van der Waals surface area (Å²) in [6, 6.07) is 11.4. The van der Waals surface area contributed by atoms with Crippen molar-refractivity contribution in [3.8, 4) is 0 Å². The van der Waals surface area contributed by atoms with Crippen LogP contribution in [-0.2, 0) is 0 Å². The first kappa shape index (κ1) is 14.4. The number of benzene rings is 2. The van der Waals surface area contributed by atoms with Gasteiger partial charge in [0.05, 0.1) is 0 Å². The third kappa shape index (κ3) is 2.61. The molecule has 1 fully saturated rings. The van der Waals surface area contributed by atoms with Gasteiger partial charge in [-0.2, -0.15) is 0 Å². The summed E-state index contributed by atoms with van der Waals surface area (Å²) in [5, 5.41) is 2.93. The third-order valence-corrected chi connectivity index (χ3v) is 6.18. The first-order valence-electron chi connectivity index (χ1n) is 7.66. The summed E-state index contributed by atoms with van der Waals surface area (Å²) < 4.78 is 1.42. The van der Waals surface area contributed by atoms with Gasteiger partial charge in [-0.25, -0.2) is 0 Å². The number of hydrogen-bond acceptors (Lipinski definition) is 0. The third-order valence-electron chi connectivity index (χ3n) is 5.06. The minimum atomic E-state index is 0.546. The lowest BCUT2D eigenvalue weighted by atomic mass is 9.70. The average molecular weight is 378 g/mol. The number of rotatable bonds is 1. The highest BCUT2D eigenvalue weighted by Crippen LogP contribution is 2.44. The highest BCUT2D eigenvalue weighted by Gasteiger charge is 2.28. The summed E-state index contributed by atoms with van der Waals surface area (Å²) in [6.07, 6.45) is 5.40. The Morgan fingerprint density at radius 1 is 1.05 bits per heavy atom. The Morgan fingerprint density at radius 3 is 2.30 bits per heavy atom. The average Bonchev–Trinajstić information content (AvgIpc) is 2.43. The second-order valence-corrected chi connectivity index (χ2v) is 8.22. The van der Waals surface area contributed by atoms with E-state index in [1.165, 1.54) is 45.6 Å². The van der Waals surface area contributed by atoms with E-state index in [0.29, 0.717) is 5.41 Å². The fourth-order valence-corrected chi connectivity index (χ4v) is 4.19. The Morgan fingerprint density at radius 2 is 1.65 bits per heavy atom. The molecule has 1 aliphatic rings. The molecule has 0 spiro atoms. The van der Waals surface area contributed by atoms with Crippen LogP contribution >= 0.6 is 22.6 Å². The lowest BCUT2D eigenvalue weighted by Gasteiger charge is -2.35. The van der Waals surface area contributed by atoms with Crippen LogP contribution in [0.4, 0.5) is 0 Å². The molecule has 0 atom stereocenters. The Kier molecular flexibility index (Phi) is 3.83. The van der Waals surface area contributed by atoms with E-state index in [0.717, 1.165) is 5.92 Å². The van der Waals surface area contributed by atoms with E-state index >= 15 is 0 Å². The Labute approximate surface area is 136 Å². The topological polar surface area (TPSA) is 0 Å². The van der Waals surface area contributed by atoms with Crippen LogP contribution in [0.1, 0.15) is 56.6 Å². The highest BCUT2D eigenvalue weighted by molar-refractivity contribution is 14.1. The van der Waals surface area contributed by atoms with Crippen LogP contribution in [0.15, 0.2) is 30.3 Å². The molecule has 2 aromatic rings. The Hall–Kier alpha value is -0.570. The van der Waals surface area contributed by atoms with Crippen LogP contribution in [0.2, 0.25) is 0 Å². The molecule has 1 aliphatic carbocycles. The molecule has 1 heteroatoms. The van der Waals surface area contributed by atoms with Crippen molar-refractivity contribution >= 4 is 33.4 Å². The lowest BCUT2D eigenvalue weighted by molar-refractivity contribution is 0.225. The summed E-state index contributed by atoms with van der Waals surface area (Å²) in [5.41, 5.74) is 3.57. The maximum atomic E-state index is 2.50. The molecule has 20 heavy (non-hydrogen) atoms. The number of fused-ring (bicyclic) bond motifs is 1. The van der Waals surface area contributed by atoms with E-state index < -0.39 is 0 Å². The van der Waals surface area contributed by atoms with Crippen molar-refractivity contribution in [2.75, 3.05) is 0 Å². The molecule has 0 saturated heterocycles. The monoisotopic (exact) mass is 378 g/mol. The molecule has 0 nitrogen and oxygen atoms in total. The Bertz CT molecular complexity index is 630. The van der Waals surface area contributed by atoms with Crippen molar-refractivity contribution in [2.24, 2.45) is 5.41 Å². The molecule has 0 heterocycles. The van der Waals surface area contributed by atoms with E-state index in [9.17, 15) is 0 Å². The van der Waals surface area contributed by atoms with Gasteiger partial charge in [-0.05, 0) is 94.5 Å². The fraction of sp³-hybridized carbons (Fsp3) is 0.474. The largest absolute Gasteiger partial charge is 0.0616 e. The van der Waals surface area contributed by atoms with E-state index in [2.05, 4.69) is 73.7 Å². The quantitative estimate of drug-likeness (QED) is 0.501. The fourth-order valence-electron chi connectivity index (χ4n) is 3.56. The van der Waals surface area contributed by atoms with Crippen LogP contribution in [0.3, 0.4) is 0 Å². The summed E-state index contributed by atoms with van der Waals surface area (Å²) in [6.45, 7) is 7.08. The second kappa shape index (κ2) is 5.32. The molecule has 0 radical (unpaired) electrons. The van der Waals surface area contributed by atoms with Gasteiger partial charge in [0.15, 0.2) is 0 Å². The molecular weight excluding hydrogens is 355 g/mol. The van der Waals surface area contributed by atoms with Crippen molar-refractivity contribution in [3.63, 3.8) is 0 Å². The molecule has 0 amide bonds. The number of hydrogen-bond donors (Lipinski definition) is 0. The zero-order valence-corrected chi connectivity index (χ0v) is 14.8. The first-order chi connectivity index (χ1) is 9.48. The van der Waals surface area contributed by atoms with Crippen molar-refractivity contribution < 1.29 is 0 Å². The molecule has 3 rings (SSSR count). The molecule has 0 N–H and O–H groups in total. The van der Waals surface area contributed by atoms with Gasteiger partial charge < -0.3 is 0 Å². The van der Waals surface area contributed by atoms with Crippen LogP contribution < -0.4 is 0 Å². The molecular formula is C19H23I. The number of aryl methyl sites for hydroxylation is 1. The molecule has 0 unspecified atom stereocenters. The number of halogens is 1. The van der Waals surface area contributed by atoms with E-state index in [1.807, 2.05) is 0 Å². The van der Waals surface area contributed by atoms with Crippen LogP contribution in [0.25, 0.3) is 10.8 Å². The molecule has 0 bridgehead atoms. The lowest BCUT2D eigenvalue weighted by Crippen LogP contribution is -2.20. The van der Waals surface area contributed by atoms with Gasteiger partial charge in [0.2, 0.25) is 0 Å². The van der Waals surface area contributed by atoms with Gasteiger partial charge in [-0.3, -0.25) is 0 Å². The SMILES string of the molecule is Cc1c(I)cc(C2CCC(C)(C)CC2)c2ccccc12. The van der Waals surface area contributed by atoms with Crippen molar-refractivity contribution in [1.82, 2.24) is 0 Å². The maximum absolute atomic E-state index is 2.50. The van der Waals surface area contributed by atoms with E-state index in [-0.39, 0.29) is 0 Å². The van der Waals surface area contributed by atoms with Gasteiger partial charge in [-0.15, -0.1) is 0 Å². The summed E-state index contributed by atoms with van der Waals surface area (Å²) in [7, 11) is 0. The maximum Gasteiger partial charge on any atom is 0.0168 e. The first-order valence-corrected chi connectivity index (χ1v) is 8.73. The van der Waals surface area contributed by atoms with E-state index in [1.54, 1.807) is 5.56 Å². The summed E-state index contributed by atoms with van der Waals surface area (Å²) in [4.78, 5) is 0. The van der Waals surface area contributed by atoms with Crippen LogP contribution in [0.5, 0.6) is 0 Å². The van der Waals surface area contributed by atoms with Crippen LogP contribution in [-0.4, -0.2) is 0 Å². The smallest absolute Gasteiger partial charge is 0.0168 e. The normalized spacial score (nSPS) is 19.4. The minimum absolute atomic E-state index is 0.546. The van der Waals surface area contributed by atoms with E-state index in [4.69, 9.17) is 0 Å². The van der Waals surface area contributed by atoms with Gasteiger partial charge in [0.25, 0.3) is 0 Å². The van der Waals surface area contributed by atoms with Gasteiger partial charge in [0, 0.05) is 3.57 Å². The van der Waals surface area contributed by atoms with Gasteiger partial charge in [0.1, 0.15) is 0 Å². The minimum Gasteiger partial charge on any atom is -0.0616 e. The molecule has 106 valence electrons. The second-order valence-electron chi connectivity index (χ2n) is 7.06. The predicted molar refractivity (Wildman–Crippen MR) is 96.4 cm³/mol. The highest BCUT2D eigenvalue weighted by atomic mass is 127. The molecule has 0 aromatic heterocycles. The Balaban J connectivity index is 2.06. The predicted octanol–water partition coefficient (Wildman–Crippen LogP) is 6.44. The van der Waals surface area contributed by atoms with Gasteiger partial charge in [-0.1, -0.05) is 38.1 Å². The zero-order chi connectivity index (χ0) is 14.3. The van der Waals surface area contributed by atoms with Crippen LogP contribution in [0, 0.1) is 15.9 Å². The molecule has 1 saturated carbocycles. The van der Waals surface area contributed by atoms with Crippen molar-refractivity contribution in [1.29, 1.82) is 0 Å². The van der Waals surface area contributed by atoms with Crippen molar-refractivity contribution in [3.05, 3.63) is 45.0 Å². The van der Waals surface area contributed by atoms with Gasteiger partial charge >= 0.3 is 0 Å². The van der Waals surface area contributed by atoms with Crippen molar-refractivity contribution in [2.45, 2.75) is 52.4 Å². The zero-order valence-electron chi connectivity index (χ0n) is 12.7. The molecule has 0 aliphatic heterocycles. The molecule has 2 aromatic carbocycles. The summed E-state index contributed by atoms with van der Waals surface area (Å²) in [5.74, 6) is 0.752. The summed E-state index contributed by atoms with van der Waals surface area (Å²) >= 11 is 2.50. The standard InChI is InChI=1S/C19H23I/c1-13-15-6-4-5-7-16(15)17(12-18(13)20)14-8-10-19(2,3)11-9-14/h4-7,12,14H,8-11H2,1-3H3.